The Labute approximate surface area is 156 Å². The lowest BCUT2D eigenvalue weighted by atomic mass is 9.97. The molecule has 0 radical (unpaired) electrons. The lowest BCUT2D eigenvalue weighted by Gasteiger charge is -2.23. The first kappa shape index (κ1) is 19.3. The van der Waals surface area contributed by atoms with Crippen molar-refractivity contribution >= 4 is 23.0 Å². The van der Waals surface area contributed by atoms with Crippen LogP contribution < -0.4 is 15.4 Å². The van der Waals surface area contributed by atoms with Crippen LogP contribution >= 0.6 is 12.2 Å². The van der Waals surface area contributed by atoms with Crippen molar-refractivity contribution in [3.8, 4) is 5.75 Å². The Morgan fingerprint density at radius 1 is 1.04 bits per heavy atom. The number of benzene rings is 2. The summed E-state index contributed by atoms with van der Waals surface area (Å²) in [7, 11) is 1.68. The summed E-state index contributed by atoms with van der Waals surface area (Å²) in [4.78, 5) is 0. The van der Waals surface area contributed by atoms with Crippen LogP contribution in [0.5, 0.6) is 5.75 Å². The van der Waals surface area contributed by atoms with Gasteiger partial charge in [0.15, 0.2) is 5.11 Å². The zero-order valence-electron chi connectivity index (χ0n) is 15.5. The van der Waals surface area contributed by atoms with Gasteiger partial charge in [-0.1, -0.05) is 45.0 Å². The predicted molar refractivity (Wildman–Crippen MR) is 110 cm³/mol. The van der Waals surface area contributed by atoms with Crippen molar-refractivity contribution in [2.75, 3.05) is 12.4 Å². The molecule has 2 aromatic rings. The number of aryl methyl sites for hydroxylation is 1. The van der Waals surface area contributed by atoms with Crippen molar-refractivity contribution in [2.45, 2.75) is 39.7 Å². The minimum absolute atomic E-state index is 0.167. The van der Waals surface area contributed by atoms with Crippen molar-refractivity contribution < 1.29 is 4.74 Å². The molecule has 2 rings (SSSR count). The minimum Gasteiger partial charge on any atom is -0.497 e. The molecule has 3 nitrogen and oxygen atoms in total. The van der Waals surface area contributed by atoms with E-state index in [0.717, 1.165) is 24.3 Å². The van der Waals surface area contributed by atoms with Gasteiger partial charge in [0.1, 0.15) is 5.75 Å². The van der Waals surface area contributed by atoms with E-state index in [9.17, 15) is 0 Å². The van der Waals surface area contributed by atoms with Gasteiger partial charge in [0.05, 0.1) is 13.2 Å². The van der Waals surface area contributed by atoms with Gasteiger partial charge in [0.25, 0.3) is 0 Å². The van der Waals surface area contributed by atoms with Gasteiger partial charge in [-0.25, -0.2) is 0 Å². The van der Waals surface area contributed by atoms with Crippen LogP contribution in [-0.2, 0) is 6.42 Å². The van der Waals surface area contributed by atoms with Crippen molar-refractivity contribution in [2.24, 2.45) is 5.92 Å². The molecular weight excluding hydrogens is 328 g/mol. The fourth-order valence-corrected chi connectivity index (χ4v) is 3.00. The van der Waals surface area contributed by atoms with Gasteiger partial charge in [-0.2, -0.15) is 0 Å². The second kappa shape index (κ2) is 9.42. The lowest BCUT2D eigenvalue weighted by Crippen LogP contribution is -2.33. The van der Waals surface area contributed by atoms with Crippen molar-refractivity contribution in [1.29, 1.82) is 0 Å². The molecule has 0 aromatic heterocycles. The molecule has 2 N–H and O–H groups in total. The Kier molecular flexibility index (Phi) is 7.26. The molecule has 25 heavy (non-hydrogen) atoms. The molecule has 134 valence electrons. The molecule has 4 heteroatoms. The summed E-state index contributed by atoms with van der Waals surface area (Å²) in [5, 5.41) is 7.39. The largest absolute Gasteiger partial charge is 0.497 e. The molecule has 0 aliphatic carbocycles. The summed E-state index contributed by atoms with van der Waals surface area (Å²) in [5.41, 5.74) is 3.54. The van der Waals surface area contributed by atoms with E-state index >= 15 is 0 Å². The molecule has 2 aromatic carbocycles. The average molecular weight is 357 g/mol. The van der Waals surface area contributed by atoms with Gasteiger partial charge in [-0.05, 0) is 66.4 Å². The standard InChI is InChI=1S/C21H28N2OS/c1-5-16-6-10-18(11-7-16)22-21(25)23-20(14-15(2)3)17-8-12-19(24-4)13-9-17/h6-13,15,20H,5,14H2,1-4H3,(H2,22,23,25)/t20-/m1/s1. The van der Waals surface area contributed by atoms with E-state index in [1.165, 1.54) is 11.1 Å². The van der Waals surface area contributed by atoms with Crippen LogP contribution in [0.1, 0.15) is 44.4 Å². The second-order valence-corrected chi connectivity index (χ2v) is 7.01. The van der Waals surface area contributed by atoms with Crippen LogP contribution in [0.2, 0.25) is 0 Å². The number of nitrogens with one attached hydrogen (secondary N) is 2. The highest BCUT2D eigenvalue weighted by atomic mass is 32.1. The first-order valence-electron chi connectivity index (χ1n) is 8.82. The highest BCUT2D eigenvalue weighted by Crippen LogP contribution is 2.24. The minimum atomic E-state index is 0.167. The number of rotatable bonds is 7. The van der Waals surface area contributed by atoms with Gasteiger partial charge in [0.2, 0.25) is 0 Å². The van der Waals surface area contributed by atoms with Gasteiger partial charge in [-0.15, -0.1) is 0 Å². The molecule has 0 saturated heterocycles. The number of anilines is 1. The lowest BCUT2D eigenvalue weighted by molar-refractivity contribution is 0.414. The number of ether oxygens (including phenoxy) is 1. The fourth-order valence-electron chi connectivity index (χ4n) is 2.74. The third-order valence-electron chi connectivity index (χ3n) is 4.15. The topological polar surface area (TPSA) is 33.3 Å². The van der Waals surface area contributed by atoms with Crippen molar-refractivity contribution in [3.63, 3.8) is 0 Å². The summed E-state index contributed by atoms with van der Waals surface area (Å²) in [6.45, 7) is 6.59. The summed E-state index contributed by atoms with van der Waals surface area (Å²) < 4.78 is 5.25. The van der Waals surface area contributed by atoms with Gasteiger partial charge < -0.3 is 15.4 Å². The molecule has 0 amide bonds. The van der Waals surface area contributed by atoms with E-state index in [-0.39, 0.29) is 6.04 Å². The summed E-state index contributed by atoms with van der Waals surface area (Å²) in [6, 6.07) is 16.7. The van der Waals surface area contributed by atoms with Crippen LogP contribution in [-0.4, -0.2) is 12.2 Å². The van der Waals surface area contributed by atoms with E-state index in [0.29, 0.717) is 11.0 Å². The Morgan fingerprint density at radius 3 is 2.20 bits per heavy atom. The molecular formula is C21H28N2OS. The van der Waals surface area contributed by atoms with E-state index in [4.69, 9.17) is 17.0 Å². The molecule has 0 heterocycles. The zero-order chi connectivity index (χ0) is 18.2. The number of methoxy groups -OCH3 is 1. The Hall–Kier alpha value is -2.07. The molecule has 0 spiro atoms. The predicted octanol–water partition coefficient (Wildman–Crippen LogP) is 5.33. The van der Waals surface area contributed by atoms with Crippen molar-refractivity contribution in [1.82, 2.24) is 5.32 Å². The molecule has 0 unspecified atom stereocenters. The summed E-state index contributed by atoms with van der Waals surface area (Å²) >= 11 is 5.53. The summed E-state index contributed by atoms with van der Waals surface area (Å²) in [6.07, 6.45) is 2.04. The average Bonchev–Trinajstić information content (AvgIpc) is 2.61. The first-order chi connectivity index (χ1) is 12.0. The van der Waals surface area contributed by atoms with Crippen molar-refractivity contribution in [3.05, 3.63) is 59.7 Å². The van der Waals surface area contributed by atoms with Gasteiger partial charge in [0, 0.05) is 5.69 Å². The fraction of sp³-hybridized carbons (Fsp3) is 0.381. The van der Waals surface area contributed by atoms with E-state index < -0.39 is 0 Å². The van der Waals surface area contributed by atoms with E-state index in [1.807, 2.05) is 12.1 Å². The van der Waals surface area contributed by atoms with Crippen LogP contribution in [0, 0.1) is 5.92 Å². The Bertz CT molecular complexity index is 665. The number of hydrogen-bond acceptors (Lipinski definition) is 2. The normalized spacial score (nSPS) is 11.9. The highest BCUT2D eigenvalue weighted by molar-refractivity contribution is 7.80. The third kappa shape index (κ3) is 6.05. The SMILES string of the molecule is CCc1ccc(NC(=S)N[C@H](CC(C)C)c2ccc(OC)cc2)cc1. The molecule has 0 saturated carbocycles. The smallest absolute Gasteiger partial charge is 0.171 e. The molecule has 0 fully saturated rings. The highest BCUT2D eigenvalue weighted by Gasteiger charge is 2.15. The van der Waals surface area contributed by atoms with Crippen LogP contribution in [0.25, 0.3) is 0 Å². The van der Waals surface area contributed by atoms with E-state index in [2.05, 4.69) is 67.8 Å². The number of hydrogen-bond donors (Lipinski definition) is 2. The maximum Gasteiger partial charge on any atom is 0.171 e. The second-order valence-electron chi connectivity index (χ2n) is 6.60. The Balaban J connectivity index is 2.05. The zero-order valence-corrected chi connectivity index (χ0v) is 16.3. The summed E-state index contributed by atoms with van der Waals surface area (Å²) in [5.74, 6) is 1.43. The van der Waals surface area contributed by atoms with Crippen LogP contribution in [0.3, 0.4) is 0 Å². The maximum atomic E-state index is 5.53. The van der Waals surface area contributed by atoms with Gasteiger partial charge in [-0.3, -0.25) is 0 Å². The number of thiocarbonyl (C=S) groups is 1. The molecule has 0 bridgehead atoms. The monoisotopic (exact) mass is 356 g/mol. The van der Waals surface area contributed by atoms with Gasteiger partial charge >= 0.3 is 0 Å². The van der Waals surface area contributed by atoms with Crippen LogP contribution in [0.15, 0.2) is 48.5 Å². The first-order valence-corrected chi connectivity index (χ1v) is 9.23. The third-order valence-corrected chi connectivity index (χ3v) is 4.37. The molecule has 0 aliphatic heterocycles. The quantitative estimate of drug-likeness (QED) is 0.657. The van der Waals surface area contributed by atoms with Crippen LogP contribution in [0.4, 0.5) is 5.69 Å². The molecule has 1 atom stereocenters. The maximum absolute atomic E-state index is 5.53. The Morgan fingerprint density at radius 2 is 1.68 bits per heavy atom. The van der Waals surface area contributed by atoms with E-state index in [1.54, 1.807) is 7.11 Å². The molecule has 0 aliphatic rings.